The smallest absolute Gasteiger partial charge is 0.123 e. The zero-order chi connectivity index (χ0) is 10.2. The van der Waals surface area contributed by atoms with E-state index in [4.69, 9.17) is 10.6 Å². The predicted octanol–water partition coefficient (Wildman–Crippen LogP) is 1.69. The highest BCUT2D eigenvalue weighted by atomic mass is 16.5. The van der Waals surface area contributed by atoms with E-state index < -0.39 is 0 Å². The fraction of sp³-hybridized carbons (Fsp3) is 0.364. The lowest BCUT2D eigenvalue weighted by atomic mass is 10.0. The summed E-state index contributed by atoms with van der Waals surface area (Å²) in [5, 5.41) is 3.50. The van der Waals surface area contributed by atoms with Gasteiger partial charge in [-0.1, -0.05) is 0 Å². The molecular formula is C11H14N2O. The van der Waals surface area contributed by atoms with Crippen LogP contribution in [0.3, 0.4) is 0 Å². The molecule has 0 fully saturated rings. The van der Waals surface area contributed by atoms with Gasteiger partial charge in [0.1, 0.15) is 11.4 Å². The van der Waals surface area contributed by atoms with Gasteiger partial charge in [-0.2, -0.15) is 5.10 Å². The van der Waals surface area contributed by atoms with Gasteiger partial charge in [0, 0.05) is 6.42 Å². The molecule has 0 spiro atoms. The molecule has 0 saturated heterocycles. The van der Waals surface area contributed by atoms with Crippen LogP contribution in [0.5, 0.6) is 5.75 Å². The summed E-state index contributed by atoms with van der Waals surface area (Å²) in [6.45, 7) is 4.17. The summed E-state index contributed by atoms with van der Waals surface area (Å²) in [6.07, 6.45) is 2.58. The molecule has 0 saturated carbocycles. The lowest BCUT2D eigenvalue weighted by Gasteiger charge is -2.16. The van der Waals surface area contributed by atoms with E-state index in [2.05, 4.69) is 25.0 Å². The monoisotopic (exact) mass is 190 g/mol. The van der Waals surface area contributed by atoms with Gasteiger partial charge in [-0.15, -0.1) is 0 Å². The number of ether oxygens (including phenoxy) is 1. The van der Waals surface area contributed by atoms with E-state index in [9.17, 15) is 0 Å². The third-order valence-electron chi connectivity index (χ3n) is 2.31. The van der Waals surface area contributed by atoms with E-state index in [1.54, 1.807) is 6.21 Å². The van der Waals surface area contributed by atoms with E-state index in [1.807, 2.05) is 12.1 Å². The highest BCUT2D eigenvalue weighted by Crippen LogP contribution is 2.34. The molecule has 1 aromatic rings. The summed E-state index contributed by atoms with van der Waals surface area (Å²) >= 11 is 0. The zero-order valence-corrected chi connectivity index (χ0v) is 8.45. The first-order valence-corrected chi connectivity index (χ1v) is 4.66. The highest BCUT2D eigenvalue weighted by Gasteiger charge is 2.29. The maximum Gasteiger partial charge on any atom is 0.123 e. The molecule has 1 aliphatic rings. The van der Waals surface area contributed by atoms with Crippen molar-refractivity contribution in [3.63, 3.8) is 0 Å². The van der Waals surface area contributed by atoms with Gasteiger partial charge in [-0.3, -0.25) is 0 Å². The van der Waals surface area contributed by atoms with E-state index in [0.29, 0.717) is 0 Å². The number of nitrogens with two attached hydrogens (primary N) is 1. The van der Waals surface area contributed by atoms with Gasteiger partial charge in [-0.25, -0.2) is 0 Å². The minimum absolute atomic E-state index is 0.0825. The van der Waals surface area contributed by atoms with Crippen LogP contribution in [0.2, 0.25) is 0 Å². The Hall–Kier alpha value is -1.51. The summed E-state index contributed by atoms with van der Waals surface area (Å²) in [4.78, 5) is 0. The molecule has 0 atom stereocenters. The summed E-state index contributed by atoms with van der Waals surface area (Å²) in [7, 11) is 0. The Labute approximate surface area is 83.6 Å². The van der Waals surface area contributed by atoms with Crippen molar-refractivity contribution in [1.29, 1.82) is 0 Å². The van der Waals surface area contributed by atoms with Gasteiger partial charge in [-0.05, 0) is 43.2 Å². The van der Waals surface area contributed by atoms with Crippen LogP contribution in [0.15, 0.2) is 23.3 Å². The Kier molecular flexibility index (Phi) is 1.95. The fourth-order valence-electron chi connectivity index (χ4n) is 1.80. The SMILES string of the molecule is CC1(C)Cc2cc(C=NN)ccc2O1. The number of nitrogens with zero attached hydrogens (tertiary/aromatic N) is 1. The van der Waals surface area contributed by atoms with Crippen molar-refractivity contribution in [2.24, 2.45) is 10.9 Å². The molecule has 14 heavy (non-hydrogen) atoms. The molecule has 0 unspecified atom stereocenters. The largest absolute Gasteiger partial charge is 0.487 e. The number of rotatable bonds is 1. The second-order valence-electron chi connectivity index (χ2n) is 4.18. The van der Waals surface area contributed by atoms with Gasteiger partial charge in [0.05, 0.1) is 6.21 Å². The molecule has 3 nitrogen and oxygen atoms in total. The van der Waals surface area contributed by atoms with E-state index >= 15 is 0 Å². The van der Waals surface area contributed by atoms with Gasteiger partial charge in [0.15, 0.2) is 0 Å². The molecule has 0 radical (unpaired) electrons. The van der Waals surface area contributed by atoms with Crippen molar-refractivity contribution in [2.75, 3.05) is 0 Å². The van der Waals surface area contributed by atoms with Crippen LogP contribution in [0.25, 0.3) is 0 Å². The van der Waals surface area contributed by atoms with Crippen LogP contribution in [0.1, 0.15) is 25.0 Å². The zero-order valence-electron chi connectivity index (χ0n) is 8.45. The first-order valence-electron chi connectivity index (χ1n) is 4.66. The van der Waals surface area contributed by atoms with Crippen LogP contribution < -0.4 is 10.6 Å². The third-order valence-corrected chi connectivity index (χ3v) is 2.31. The van der Waals surface area contributed by atoms with Crippen LogP contribution in [-0.2, 0) is 6.42 Å². The van der Waals surface area contributed by atoms with Crippen LogP contribution >= 0.6 is 0 Å². The number of benzene rings is 1. The maximum atomic E-state index is 5.75. The average molecular weight is 190 g/mol. The quantitative estimate of drug-likeness (QED) is 0.416. The summed E-state index contributed by atoms with van der Waals surface area (Å²) in [5.74, 6) is 6.07. The van der Waals surface area contributed by atoms with Crippen LogP contribution in [0.4, 0.5) is 0 Å². The summed E-state index contributed by atoms with van der Waals surface area (Å²) in [6, 6.07) is 6.00. The molecule has 0 aromatic heterocycles. The lowest BCUT2D eigenvalue weighted by molar-refractivity contribution is 0.138. The Morgan fingerprint density at radius 3 is 3.00 bits per heavy atom. The molecule has 0 aliphatic carbocycles. The molecule has 1 aromatic carbocycles. The molecule has 0 amide bonds. The van der Waals surface area contributed by atoms with Crippen molar-refractivity contribution in [2.45, 2.75) is 25.9 Å². The van der Waals surface area contributed by atoms with Crippen molar-refractivity contribution >= 4 is 6.21 Å². The average Bonchev–Trinajstić information content (AvgIpc) is 2.38. The number of hydrogen-bond acceptors (Lipinski definition) is 3. The Morgan fingerprint density at radius 2 is 2.29 bits per heavy atom. The first kappa shape index (κ1) is 9.06. The third kappa shape index (κ3) is 1.58. The molecule has 1 heterocycles. The minimum Gasteiger partial charge on any atom is -0.487 e. The van der Waals surface area contributed by atoms with Gasteiger partial charge < -0.3 is 10.6 Å². The van der Waals surface area contributed by atoms with E-state index in [0.717, 1.165) is 17.7 Å². The highest BCUT2D eigenvalue weighted by molar-refractivity contribution is 5.80. The second-order valence-corrected chi connectivity index (χ2v) is 4.18. The minimum atomic E-state index is -0.0825. The van der Waals surface area contributed by atoms with E-state index in [-0.39, 0.29) is 5.60 Å². The molecule has 3 heteroatoms. The van der Waals surface area contributed by atoms with Crippen molar-refractivity contribution in [1.82, 2.24) is 0 Å². The molecular weight excluding hydrogens is 176 g/mol. The Bertz CT molecular complexity index is 383. The van der Waals surface area contributed by atoms with Crippen molar-refractivity contribution in [3.8, 4) is 5.75 Å². The molecule has 1 aliphatic heterocycles. The number of hydrogen-bond donors (Lipinski definition) is 1. The number of hydrazone groups is 1. The second kappa shape index (κ2) is 3.01. The van der Waals surface area contributed by atoms with Gasteiger partial charge in [0.2, 0.25) is 0 Å². The van der Waals surface area contributed by atoms with Gasteiger partial charge >= 0.3 is 0 Å². The predicted molar refractivity (Wildman–Crippen MR) is 56.6 cm³/mol. The van der Waals surface area contributed by atoms with E-state index in [1.165, 1.54) is 5.56 Å². The first-order chi connectivity index (χ1) is 6.61. The standard InChI is InChI=1S/C11H14N2O/c1-11(2)6-9-5-8(7-13-12)3-4-10(9)14-11/h3-5,7H,6,12H2,1-2H3. The van der Waals surface area contributed by atoms with Crippen molar-refractivity contribution in [3.05, 3.63) is 29.3 Å². The lowest BCUT2D eigenvalue weighted by Crippen LogP contribution is -2.24. The normalized spacial score (nSPS) is 18.1. The molecule has 0 bridgehead atoms. The fourth-order valence-corrected chi connectivity index (χ4v) is 1.80. The topological polar surface area (TPSA) is 47.6 Å². The molecule has 2 rings (SSSR count). The summed E-state index contributed by atoms with van der Waals surface area (Å²) in [5.41, 5.74) is 2.17. The Morgan fingerprint density at radius 1 is 1.50 bits per heavy atom. The van der Waals surface area contributed by atoms with Crippen LogP contribution in [0, 0.1) is 0 Å². The molecule has 74 valence electrons. The number of fused-ring (bicyclic) bond motifs is 1. The van der Waals surface area contributed by atoms with Crippen molar-refractivity contribution < 1.29 is 4.74 Å². The summed E-state index contributed by atoms with van der Waals surface area (Å²) < 4.78 is 5.75. The van der Waals surface area contributed by atoms with Gasteiger partial charge in [0.25, 0.3) is 0 Å². The Balaban J connectivity index is 2.35. The van der Waals surface area contributed by atoms with Crippen LogP contribution in [-0.4, -0.2) is 11.8 Å². The maximum absolute atomic E-state index is 5.75. The molecule has 2 N–H and O–H groups in total.